The zero-order valence-electron chi connectivity index (χ0n) is 12.3. The molecule has 0 aliphatic carbocycles. The van der Waals surface area contributed by atoms with Crippen molar-refractivity contribution in [3.05, 3.63) is 6.33 Å². The van der Waals surface area contributed by atoms with Gasteiger partial charge in [-0.05, 0) is 32.1 Å². The van der Waals surface area contributed by atoms with Crippen molar-refractivity contribution in [3.8, 4) is 5.88 Å². The van der Waals surface area contributed by atoms with E-state index >= 15 is 0 Å². The molecule has 1 aromatic heterocycles. The summed E-state index contributed by atoms with van der Waals surface area (Å²) in [7, 11) is 0. The summed E-state index contributed by atoms with van der Waals surface area (Å²) < 4.78 is 5.45. The molecule has 5 heteroatoms. The van der Waals surface area contributed by atoms with E-state index in [1.807, 2.05) is 6.92 Å². The Kier molecular flexibility index (Phi) is 4.12. The first-order valence-electron chi connectivity index (χ1n) is 7.04. The van der Waals surface area contributed by atoms with Gasteiger partial charge in [-0.2, -0.15) is 4.98 Å². The van der Waals surface area contributed by atoms with Gasteiger partial charge in [-0.3, -0.25) is 0 Å². The highest BCUT2D eigenvalue weighted by Gasteiger charge is 2.31. The largest absolute Gasteiger partial charge is 0.476 e. The second-order valence-electron chi connectivity index (χ2n) is 5.56. The van der Waals surface area contributed by atoms with Crippen molar-refractivity contribution < 1.29 is 4.74 Å². The van der Waals surface area contributed by atoms with E-state index in [1.54, 1.807) is 0 Å². The minimum Gasteiger partial charge on any atom is -0.476 e. The fraction of sp³-hybridized carbons (Fsp3) is 0.714. The Morgan fingerprint density at radius 3 is 2.79 bits per heavy atom. The number of rotatable bonds is 3. The quantitative estimate of drug-likeness (QED) is 0.907. The van der Waals surface area contributed by atoms with Crippen LogP contribution in [0.3, 0.4) is 0 Å². The lowest BCUT2D eigenvalue weighted by molar-refractivity contribution is 0.294. The lowest BCUT2D eigenvalue weighted by Gasteiger charge is -2.42. The second kappa shape index (κ2) is 5.63. The predicted octanol–water partition coefficient (Wildman–Crippen LogP) is 2.33. The van der Waals surface area contributed by atoms with Crippen LogP contribution >= 0.6 is 0 Å². The van der Waals surface area contributed by atoms with E-state index in [0.717, 1.165) is 12.4 Å². The number of anilines is 2. The first-order chi connectivity index (χ1) is 9.04. The molecule has 1 fully saturated rings. The molecule has 19 heavy (non-hydrogen) atoms. The van der Waals surface area contributed by atoms with Gasteiger partial charge < -0.3 is 15.4 Å². The average Bonchev–Trinajstić information content (AvgIpc) is 2.37. The molecule has 5 nitrogen and oxygen atoms in total. The van der Waals surface area contributed by atoms with Crippen LogP contribution in [-0.2, 0) is 0 Å². The Bertz CT molecular complexity index is 437. The van der Waals surface area contributed by atoms with Crippen LogP contribution in [-0.4, -0.2) is 29.2 Å². The van der Waals surface area contributed by atoms with E-state index in [0.29, 0.717) is 36.1 Å². The zero-order valence-corrected chi connectivity index (χ0v) is 12.3. The molecule has 1 aliphatic heterocycles. The Labute approximate surface area is 115 Å². The molecule has 1 aromatic rings. The molecule has 1 aliphatic rings. The number of hydrogen-bond acceptors (Lipinski definition) is 5. The number of nitrogens with two attached hydrogens (primary N) is 1. The maximum atomic E-state index is 6.16. The van der Waals surface area contributed by atoms with E-state index in [1.165, 1.54) is 12.7 Å². The Balaban J connectivity index is 2.32. The van der Waals surface area contributed by atoms with Gasteiger partial charge in [0.2, 0.25) is 5.88 Å². The summed E-state index contributed by atoms with van der Waals surface area (Å²) in [6.07, 6.45) is 2.79. The van der Waals surface area contributed by atoms with Gasteiger partial charge in [-0.25, -0.2) is 4.98 Å². The first kappa shape index (κ1) is 13.9. The van der Waals surface area contributed by atoms with Gasteiger partial charge in [0.25, 0.3) is 0 Å². The van der Waals surface area contributed by atoms with Gasteiger partial charge >= 0.3 is 0 Å². The van der Waals surface area contributed by atoms with Crippen molar-refractivity contribution in [2.75, 3.05) is 23.8 Å². The molecule has 0 spiro atoms. The molecule has 0 radical (unpaired) electrons. The molecule has 2 heterocycles. The third-order valence-electron chi connectivity index (χ3n) is 3.98. The number of hydrogen-bond donors (Lipinski definition) is 1. The minimum absolute atomic E-state index is 0.433. The monoisotopic (exact) mass is 264 g/mol. The number of ether oxygens (including phenoxy) is 1. The maximum absolute atomic E-state index is 6.16. The molecule has 3 atom stereocenters. The molecule has 0 saturated carbocycles. The molecule has 0 bridgehead atoms. The lowest BCUT2D eigenvalue weighted by Crippen LogP contribution is -2.46. The smallest absolute Gasteiger partial charge is 0.242 e. The summed E-state index contributed by atoms with van der Waals surface area (Å²) in [5.41, 5.74) is 6.71. The van der Waals surface area contributed by atoms with E-state index in [9.17, 15) is 0 Å². The molecule has 0 aromatic carbocycles. The Morgan fingerprint density at radius 1 is 1.37 bits per heavy atom. The summed E-state index contributed by atoms with van der Waals surface area (Å²) in [6.45, 7) is 10.3. The van der Waals surface area contributed by atoms with Gasteiger partial charge in [0.1, 0.15) is 12.0 Å². The van der Waals surface area contributed by atoms with Gasteiger partial charge in [-0.1, -0.05) is 13.8 Å². The minimum atomic E-state index is 0.433. The molecule has 2 rings (SSSR count). The highest BCUT2D eigenvalue weighted by molar-refractivity contribution is 5.68. The summed E-state index contributed by atoms with van der Waals surface area (Å²) in [4.78, 5) is 10.8. The van der Waals surface area contributed by atoms with E-state index in [2.05, 4.69) is 35.6 Å². The van der Waals surface area contributed by atoms with Crippen LogP contribution in [0.15, 0.2) is 6.33 Å². The third-order valence-corrected chi connectivity index (χ3v) is 3.98. The molecule has 1 saturated heterocycles. The Morgan fingerprint density at radius 2 is 2.11 bits per heavy atom. The highest BCUT2D eigenvalue weighted by Crippen LogP contribution is 2.35. The van der Waals surface area contributed by atoms with Crippen molar-refractivity contribution in [2.24, 2.45) is 11.8 Å². The molecular weight excluding hydrogens is 240 g/mol. The average molecular weight is 264 g/mol. The highest BCUT2D eigenvalue weighted by atomic mass is 16.5. The van der Waals surface area contributed by atoms with Gasteiger partial charge in [0.05, 0.1) is 6.61 Å². The van der Waals surface area contributed by atoms with Crippen molar-refractivity contribution in [2.45, 2.75) is 40.2 Å². The molecular formula is C14H24N4O. The first-order valence-corrected chi connectivity index (χ1v) is 7.04. The number of aromatic nitrogens is 2. The fourth-order valence-corrected chi connectivity index (χ4v) is 2.85. The lowest BCUT2D eigenvalue weighted by atomic mass is 9.86. The van der Waals surface area contributed by atoms with Crippen molar-refractivity contribution in [1.82, 2.24) is 9.97 Å². The van der Waals surface area contributed by atoms with Gasteiger partial charge in [0.15, 0.2) is 5.82 Å². The Hall–Kier alpha value is -1.52. The molecule has 2 N–H and O–H groups in total. The second-order valence-corrected chi connectivity index (χ2v) is 5.56. The third kappa shape index (κ3) is 2.74. The van der Waals surface area contributed by atoms with E-state index in [4.69, 9.17) is 10.5 Å². The van der Waals surface area contributed by atoms with Crippen LogP contribution in [0.25, 0.3) is 0 Å². The number of nitrogen functional groups attached to an aromatic ring is 1. The van der Waals surface area contributed by atoms with Crippen molar-refractivity contribution in [1.29, 1.82) is 0 Å². The van der Waals surface area contributed by atoms with Crippen LogP contribution in [0.4, 0.5) is 11.5 Å². The van der Waals surface area contributed by atoms with Crippen LogP contribution in [0, 0.1) is 11.8 Å². The number of piperidine rings is 1. The number of nitrogens with zero attached hydrogens (tertiary/aromatic N) is 3. The van der Waals surface area contributed by atoms with Crippen LogP contribution in [0.1, 0.15) is 34.1 Å². The van der Waals surface area contributed by atoms with Crippen LogP contribution in [0.2, 0.25) is 0 Å². The van der Waals surface area contributed by atoms with Gasteiger partial charge in [-0.15, -0.1) is 0 Å². The summed E-state index contributed by atoms with van der Waals surface area (Å²) >= 11 is 0. The standard InChI is InChI=1S/C14H24N4O/c1-5-19-14-12(15)13(16-8-17-14)18-7-9(2)6-10(3)11(18)4/h8-11H,5-7,15H2,1-4H3. The summed E-state index contributed by atoms with van der Waals surface area (Å²) in [6, 6.07) is 0.433. The SMILES string of the molecule is CCOc1ncnc(N2CC(C)CC(C)C2C)c1N. The molecule has 106 valence electrons. The normalized spacial score (nSPS) is 27.4. The zero-order chi connectivity index (χ0) is 14.0. The van der Waals surface area contributed by atoms with Gasteiger partial charge in [0, 0.05) is 12.6 Å². The van der Waals surface area contributed by atoms with Crippen LogP contribution in [0.5, 0.6) is 5.88 Å². The maximum Gasteiger partial charge on any atom is 0.242 e. The molecule has 0 amide bonds. The summed E-state index contributed by atoms with van der Waals surface area (Å²) in [5.74, 6) is 2.58. The summed E-state index contributed by atoms with van der Waals surface area (Å²) in [5, 5.41) is 0. The van der Waals surface area contributed by atoms with Crippen LogP contribution < -0.4 is 15.4 Å². The van der Waals surface area contributed by atoms with Crippen molar-refractivity contribution >= 4 is 11.5 Å². The fourth-order valence-electron chi connectivity index (χ4n) is 2.85. The van der Waals surface area contributed by atoms with Crippen molar-refractivity contribution in [3.63, 3.8) is 0 Å². The topological polar surface area (TPSA) is 64.3 Å². The predicted molar refractivity (Wildman–Crippen MR) is 77.4 cm³/mol. The van der Waals surface area contributed by atoms with E-state index in [-0.39, 0.29) is 0 Å². The van der Waals surface area contributed by atoms with E-state index < -0.39 is 0 Å². The molecule has 3 unspecified atom stereocenters.